The maximum absolute atomic E-state index is 13.5. The lowest BCUT2D eigenvalue weighted by Crippen LogP contribution is -2.60. The number of pyridine rings is 1. The van der Waals surface area contributed by atoms with E-state index < -0.39 is 72.9 Å². The number of esters is 4. The van der Waals surface area contributed by atoms with Gasteiger partial charge < -0.3 is 32.8 Å². The zero-order valence-corrected chi connectivity index (χ0v) is 24.9. The van der Waals surface area contributed by atoms with Crippen molar-refractivity contribution in [3.8, 4) is 0 Å². The number of ether oxygens (including phenoxy) is 5. The van der Waals surface area contributed by atoms with Gasteiger partial charge in [-0.25, -0.2) is 9.97 Å². The predicted octanol–water partition coefficient (Wildman–Crippen LogP) is 0.855. The first-order valence-electron chi connectivity index (χ1n) is 13.7. The molecule has 1 saturated heterocycles. The fourth-order valence-corrected chi connectivity index (χ4v) is 5.41. The number of imide groups is 1. The van der Waals surface area contributed by atoms with Gasteiger partial charge in [-0.3, -0.25) is 33.7 Å². The Bertz CT molecular complexity index is 1730. The van der Waals surface area contributed by atoms with E-state index >= 15 is 0 Å². The van der Waals surface area contributed by atoms with Gasteiger partial charge in [0.15, 0.2) is 24.5 Å². The fraction of sp³-hybridized carbons (Fsp3) is 0.379. The number of carbonyl (C=O) groups excluding carboxylic acids is 6. The van der Waals surface area contributed by atoms with Gasteiger partial charge in [-0.05, 0) is 12.1 Å². The molecule has 2 amide bonds. The summed E-state index contributed by atoms with van der Waals surface area (Å²) in [7, 11) is 1.35. The van der Waals surface area contributed by atoms with Crippen molar-refractivity contribution in [2.45, 2.75) is 58.3 Å². The van der Waals surface area contributed by atoms with Crippen LogP contribution in [0.25, 0.3) is 22.3 Å². The van der Waals surface area contributed by atoms with Crippen LogP contribution in [-0.2, 0) is 52.5 Å². The van der Waals surface area contributed by atoms with Crippen molar-refractivity contribution in [3.63, 3.8) is 0 Å². The van der Waals surface area contributed by atoms with Crippen molar-refractivity contribution in [3.05, 3.63) is 48.8 Å². The van der Waals surface area contributed by atoms with Crippen molar-refractivity contribution >= 4 is 58.0 Å². The maximum Gasteiger partial charge on any atom is 0.303 e. The van der Waals surface area contributed by atoms with Gasteiger partial charge in [0.25, 0.3) is 11.8 Å². The van der Waals surface area contributed by atoms with Gasteiger partial charge in [0.05, 0.1) is 11.9 Å². The van der Waals surface area contributed by atoms with Gasteiger partial charge >= 0.3 is 23.9 Å². The second kappa shape index (κ2) is 12.3. The maximum atomic E-state index is 13.5. The number of aromatic nitrogens is 4. The molecule has 5 rings (SSSR count). The summed E-state index contributed by atoms with van der Waals surface area (Å²) in [6.07, 6.45) is 0.572. The summed E-state index contributed by atoms with van der Waals surface area (Å²) >= 11 is 0. The number of carbonyl (C=O) groups is 6. The van der Waals surface area contributed by atoms with E-state index in [4.69, 9.17) is 23.7 Å². The molecule has 5 heterocycles. The van der Waals surface area contributed by atoms with Crippen LogP contribution in [0.2, 0.25) is 0 Å². The minimum Gasteiger partial charge on any atom is -0.463 e. The van der Waals surface area contributed by atoms with Crippen LogP contribution in [0, 0.1) is 0 Å². The second-order valence-electron chi connectivity index (χ2n) is 10.3. The first-order chi connectivity index (χ1) is 21.4. The Labute approximate surface area is 255 Å². The van der Waals surface area contributed by atoms with Crippen molar-refractivity contribution in [2.24, 2.45) is 0 Å². The highest BCUT2D eigenvalue weighted by molar-refractivity contribution is 6.47. The van der Waals surface area contributed by atoms with Crippen molar-refractivity contribution in [1.82, 2.24) is 24.0 Å². The molecule has 45 heavy (non-hydrogen) atoms. The third-order valence-corrected chi connectivity index (χ3v) is 7.12. The topological polar surface area (TPSA) is 187 Å². The summed E-state index contributed by atoms with van der Waals surface area (Å²) in [4.78, 5) is 84.7. The Morgan fingerprint density at radius 1 is 0.889 bits per heavy atom. The van der Waals surface area contributed by atoms with Crippen LogP contribution in [0.5, 0.6) is 0 Å². The molecule has 0 N–H and O–H groups in total. The first kappa shape index (κ1) is 31.1. The van der Waals surface area contributed by atoms with E-state index in [1.54, 1.807) is 12.1 Å². The molecule has 0 aromatic carbocycles. The quantitative estimate of drug-likeness (QED) is 0.195. The lowest BCUT2D eigenvalue weighted by atomic mass is 9.97. The summed E-state index contributed by atoms with van der Waals surface area (Å²) in [5.74, 6) is -4.15. The molecule has 0 bridgehead atoms. The van der Waals surface area contributed by atoms with Gasteiger partial charge in [-0.1, -0.05) is 0 Å². The number of hydrogen-bond acceptors (Lipinski definition) is 13. The number of hydrogen-bond donors (Lipinski definition) is 0. The van der Waals surface area contributed by atoms with E-state index in [9.17, 15) is 28.8 Å². The van der Waals surface area contributed by atoms with E-state index in [0.717, 1.165) is 25.7 Å². The van der Waals surface area contributed by atoms with E-state index in [2.05, 4.69) is 9.97 Å². The molecule has 1 fully saturated rings. The Kier molecular flexibility index (Phi) is 8.50. The smallest absolute Gasteiger partial charge is 0.303 e. The average molecular weight is 624 g/mol. The van der Waals surface area contributed by atoms with Gasteiger partial charge in [0, 0.05) is 70.5 Å². The molecule has 16 nitrogen and oxygen atoms in total. The lowest BCUT2D eigenvalue weighted by Gasteiger charge is -2.44. The van der Waals surface area contributed by atoms with Crippen LogP contribution >= 0.6 is 0 Å². The third kappa shape index (κ3) is 5.91. The van der Waals surface area contributed by atoms with Crippen molar-refractivity contribution in [2.75, 3.05) is 13.7 Å². The third-order valence-electron chi connectivity index (χ3n) is 7.12. The molecule has 16 heteroatoms. The summed E-state index contributed by atoms with van der Waals surface area (Å²) in [5.41, 5.74) is 0.616. The van der Waals surface area contributed by atoms with Gasteiger partial charge in [0.2, 0.25) is 0 Å². The normalized spacial score (nSPS) is 23.3. The van der Waals surface area contributed by atoms with Gasteiger partial charge in [0.1, 0.15) is 24.1 Å². The number of fused-ring (bicyclic) bond motifs is 1. The van der Waals surface area contributed by atoms with Crippen molar-refractivity contribution < 1.29 is 52.5 Å². The van der Waals surface area contributed by atoms with E-state index in [1.165, 1.54) is 54.2 Å². The zero-order valence-electron chi connectivity index (χ0n) is 24.9. The summed E-state index contributed by atoms with van der Waals surface area (Å²) in [5, 5.41) is 0.425. The van der Waals surface area contributed by atoms with Crippen LogP contribution in [0.4, 0.5) is 0 Å². The lowest BCUT2D eigenvalue weighted by molar-refractivity contribution is -0.267. The van der Waals surface area contributed by atoms with Gasteiger partial charge in [-0.15, -0.1) is 0 Å². The molecule has 2 aliphatic rings. The van der Waals surface area contributed by atoms with Crippen LogP contribution in [-0.4, -0.2) is 97.8 Å². The Balaban J connectivity index is 1.73. The largest absolute Gasteiger partial charge is 0.463 e. The molecule has 0 radical (unpaired) electrons. The summed E-state index contributed by atoms with van der Waals surface area (Å²) in [6.45, 7) is 4.12. The van der Waals surface area contributed by atoms with Gasteiger partial charge in [-0.2, -0.15) is 0 Å². The molecule has 0 aliphatic carbocycles. The molecule has 0 unspecified atom stereocenters. The summed E-state index contributed by atoms with van der Waals surface area (Å²) < 4.78 is 31.0. The number of likely N-dealkylation sites (N-methyl/N-ethyl adjacent to an activating group) is 1. The highest BCUT2D eigenvalue weighted by Crippen LogP contribution is 2.41. The molecule has 0 saturated carbocycles. The standard InChI is InChI=1S/C29H29N5O11/c1-14(35)41-12-20-23(42-15(2)36)24(43-16(3)37)25(44-17(4)38)29(45-20)34-11-19(18-7-6-8-31-26(18)34)21-22(33-10-9-30-13-33)28(40)32(5)27(21)39/h6-11,13,20,23-25,29H,12H2,1-5H3/t20-,23-,24+,25-,29-/m1/s1. The van der Waals surface area contributed by atoms with Crippen LogP contribution < -0.4 is 0 Å². The van der Waals surface area contributed by atoms with Crippen molar-refractivity contribution in [1.29, 1.82) is 0 Å². The minimum atomic E-state index is -1.43. The Hall–Kier alpha value is -5.38. The number of imidazole rings is 1. The summed E-state index contributed by atoms with van der Waals surface area (Å²) in [6, 6.07) is 3.31. The number of rotatable bonds is 8. The van der Waals surface area contributed by atoms with Crippen LogP contribution in [0.3, 0.4) is 0 Å². The first-order valence-corrected chi connectivity index (χ1v) is 13.7. The SMILES string of the molecule is CC(=O)OC[C@H]1O[C@@H](n2cc(C3=C(n4ccnc4)C(=O)N(C)C3=O)c3cccnc32)[C@H](OC(C)=O)[C@@H](OC(C)=O)[C@@H]1OC(C)=O. The van der Waals surface area contributed by atoms with E-state index in [0.29, 0.717) is 5.39 Å². The molecular weight excluding hydrogens is 594 g/mol. The van der Waals surface area contributed by atoms with E-state index in [-0.39, 0.29) is 22.5 Å². The second-order valence-corrected chi connectivity index (χ2v) is 10.3. The number of amides is 2. The average Bonchev–Trinajstić information content (AvgIpc) is 3.68. The molecule has 3 aromatic rings. The van der Waals surface area contributed by atoms with E-state index in [1.807, 2.05) is 0 Å². The Morgan fingerprint density at radius 3 is 2.18 bits per heavy atom. The number of nitrogens with zero attached hydrogens (tertiary/aromatic N) is 5. The fourth-order valence-electron chi connectivity index (χ4n) is 5.41. The highest BCUT2D eigenvalue weighted by Gasteiger charge is 2.53. The minimum absolute atomic E-state index is 0.0443. The molecule has 236 valence electrons. The van der Waals surface area contributed by atoms with Crippen LogP contribution in [0.15, 0.2) is 43.2 Å². The monoisotopic (exact) mass is 623 g/mol. The molecule has 5 atom stereocenters. The van der Waals surface area contributed by atoms with Crippen LogP contribution in [0.1, 0.15) is 39.5 Å². The molecule has 3 aromatic heterocycles. The molecule has 2 aliphatic heterocycles. The molecule has 0 spiro atoms. The Morgan fingerprint density at radius 2 is 1.56 bits per heavy atom. The zero-order chi connectivity index (χ0) is 32.6. The predicted molar refractivity (Wildman–Crippen MR) is 150 cm³/mol. The molecular formula is C29H29N5O11. The highest BCUT2D eigenvalue weighted by atomic mass is 16.7.